The van der Waals surface area contributed by atoms with Crippen LogP contribution < -0.4 is 5.32 Å². The van der Waals surface area contributed by atoms with Gasteiger partial charge in [0.2, 0.25) is 0 Å². The number of rotatable bonds is 40. The minimum absolute atomic E-state index is 0.0878. The van der Waals surface area contributed by atoms with Crippen LogP contribution in [-0.4, -0.2) is 74.5 Å². The van der Waals surface area contributed by atoms with Gasteiger partial charge in [0.1, 0.15) is 0 Å². The lowest BCUT2D eigenvalue weighted by Gasteiger charge is -2.21. The molecule has 308 valence electrons. The predicted molar refractivity (Wildman–Crippen MR) is 226 cm³/mol. The van der Waals surface area contributed by atoms with E-state index in [1.165, 1.54) is 77.0 Å². The van der Waals surface area contributed by atoms with E-state index in [1.807, 2.05) is 7.05 Å². The van der Waals surface area contributed by atoms with Crippen LogP contribution in [0.1, 0.15) is 181 Å². The van der Waals surface area contributed by atoms with E-state index in [2.05, 4.69) is 72.7 Å². The van der Waals surface area contributed by atoms with Crippen molar-refractivity contribution in [1.82, 2.24) is 10.2 Å². The molecule has 7 nitrogen and oxygen atoms in total. The normalized spacial score (nSPS) is 12.2. The number of hydrogen-bond donors (Lipinski definition) is 2. The SMILES string of the molecule is CCCCC/C=C\C/C=C\CCCCCCCC(=O)OCCC(CCOC(=O)CCCCCCC/C=C\C/C=C\CCCCC)NCCN(C)CCO. The fourth-order valence-electron chi connectivity index (χ4n) is 6.03. The highest BCUT2D eigenvalue weighted by Crippen LogP contribution is 2.11. The number of aliphatic hydroxyl groups is 1. The molecule has 53 heavy (non-hydrogen) atoms. The molecule has 0 saturated heterocycles. The Labute approximate surface area is 327 Å². The van der Waals surface area contributed by atoms with Crippen LogP contribution in [0.25, 0.3) is 0 Å². The molecule has 0 radical (unpaired) electrons. The third kappa shape index (κ3) is 40.8. The summed E-state index contributed by atoms with van der Waals surface area (Å²) in [6, 6.07) is 0.0878. The van der Waals surface area contributed by atoms with E-state index in [9.17, 15) is 14.7 Å². The first-order chi connectivity index (χ1) is 26.0. The Balaban J connectivity index is 4.06. The number of likely N-dealkylation sites (N-methyl/N-ethyl adjacent to an activating group) is 1. The maximum absolute atomic E-state index is 12.4. The highest BCUT2D eigenvalue weighted by molar-refractivity contribution is 5.69. The molecule has 0 bridgehead atoms. The van der Waals surface area contributed by atoms with Gasteiger partial charge in [-0.2, -0.15) is 0 Å². The molecule has 0 amide bonds. The van der Waals surface area contributed by atoms with Gasteiger partial charge in [-0.05, 0) is 96.9 Å². The van der Waals surface area contributed by atoms with Crippen LogP contribution in [0.5, 0.6) is 0 Å². The summed E-state index contributed by atoms with van der Waals surface area (Å²) in [5.41, 5.74) is 0. The number of hydrogen-bond acceptors (Lipinski definition) is 7. The van der Waals surface area contributed by atoms with Crippen LogP contribution in [0.4, 0.5) is 0 Å². The van der Waals surface area contributed by atoms with Crippen molar-refractivity contribution in [2.24, 2.45) is 0 Å². The van der Waals surface area contributed by atoms with Gasteiger partial charge >= 0.3 is 11.9 Å². The van der Waals surface area contributed by atoms with Gasteiger partial charge in [0.15, 0.2) is 0 Å². The zero-order chi connectivity index (χ0) is 38.7. The summed E-state index contributed by atoms with van der Waals surface area (Å²) in [5, 5.41) is 12.7. The molecule has 2 N–H and O–H groups in total. The standard InChI is InChI=1S/C46H84N2O5/c1-4-6-8-10-12-14-16-18-20-22-24-26-28-30-32-34-45(50)52-42-36-44(47-38-39-48(3)40-41-49)37-43-53-46(51)35-33-31-29-27-25-23-21-19-17-15-13-11-9-7-5-2/h12-15,18-21,44,47,49H,4-11,16-17,22-43H2,1-3H3/b14-12-,15-13-,20-18-,21-19-. The fourth-order valence-corrected chi connectivity index (χ4v) is 6.03. The molecule has 0 aliphatic heterocycles. The first-order valence-corrected chi connectivity index (χ1v) is 22.0. The van der Waals surface area contributed by atoms with E-state index in [-0.39, 0.29) is 24.6 Å². The fraction of sp³-hybridized carbons (Fsp3) is 0.783. The Morgan fingerprint density at radius 2 is 0.962 bits per heavy atom. The lowest BCUT2D eigenvalue weighted by molar-refractivity contribution is -0.144. The molecule has 0 unspecified atom stereocenters. The minimum Gasteiger partial charge on any atom is -0.466 e. The molecule has 0 rings (SSSR count). The molecule has 0 saturated carbocycles. The number of unbranched alkanes of at least 4 members (excludes halogenated alkanes) is 16. The Kier molecular flexibility index (Phi) is 40.7. The number of carbonyl (C=O) groups excluding carboxylic acids is 2. The van der Waals surface area contributed by atoms with Gasteiger partial charge in [-0.25, -0.2) is 0 Å². The summed E-state index contributed by atoms with van der Waals surface area (Å²) in [6.45, 7) is 7.53. The van der Waals surface area contributed by atoms with Crippen molar-refractivity contribution >= 4 is 11.9 Å². The molecule has 0 aliphatic carbocycles. The quantitative estimate of drug-likeness (QED) is 0.0367. The van der Waals surface area contributed by atoms with Gasteiger partial charge in [0.25, 0.3) is 0 Å². The van der Waals surface area contributed by atoms with Crippen LogP contribution in [-0.2, 0) is 19.1 Å². The molecular formula is C46H84N2O5. The van der Waals surface area contributed by atoms with Gasteiger partial charge in [-0.15, -0.1) is 0 Å². The van der Waals surface area contributed by atoms with Crippen molar-refractivity contribution in [1.29, 1.82) is 0 Å². The third-order valence-corrected chi connectivity index (χ3v) is 9.53. The summed E-state index contributed by atoms with van der Waals surface area (Å²) in [5.74, 6) is -0.248. The summed E-state index contributed by atoms with van der Waals surface area (Å²) in [7, 11) is 1.98. The molecule has 0 spiro atoms. The lowest BCUT2D eigenvalue weighted by Crippen LogP contribution is -2.38. The first-order valence-electron chi connectivity index (χ1n) is 22.0. The molecule has 0 aromatic rings. The zero-order valence-electron chi connectivity index (χ0n) is 34.9. The number of aliphatic hydroxyl groups excluding tert-OH is 1. The molecule has 7 heteroatoms. The number of esters is 2. The van der Waals surface area contributed by atoms with Crippen LogP contribution in [0.15, 0.2) is 48.6 Å². The van der Waals surface area contributed by atoms with Crippen molar-refractivity contribution in [2.45, 2.75) is 187 Å². The highest BCUT2D eigenvalue weighted by Gasteiger charge is 2.12. The van der Waals surface area contributed by atoms with Crippen LogP contribution in [0.2, 0.25) is 0 Å². The van der Waals surface area contributed by atoms with E-state index in [4.69, 9.17) is 9.47 Å². The Morgan fingerprint density at radius 1 is 0.566 bits per heavy atom. The second kappa shape index (κ2) is 42.5. The van der Waals surface area contributed by atoms with E-state index in [0.29, 0.717) is 45.4 Å². The number of carbonyl (C=O) groups is 2. The smallest absolute Gasteiger partial charge is 0.305 e. The number of nitrogens with zero attached hydrogens (tertiary/aromatic N) is 1. The molecule has 0 heterocycles. The van der Waals surface area contributed by atoms with Crippen LogP contribution >= 0.6 is 0 Å². The summed E-state index contributed by atoms with van der Waals surface area (Å²) < 4.78 is 11.1. The average Bonchev–Trinajstić information content (AvgIpc) is 3.14. The predicted octanol–water partition coefficient (Wildman–Crippen LogP) is 11.4. The summed E-state index contributed by atoms with van der Waals surface area (Å²) >= 11 is 0. The molecule has 0 aliphatic rings. The summed E-state index contributed by atoms with van der Waals surface area (Å²) in [4.78, 5) is 26.8. The Hall–Kier alpha value is -2.22. The number of nitrogens with one attached hydrogen (secondary N) is 1. The topological polar surface area (TPSA) is 88.1 Å². The van der Waals surface area contributed by atoms with Gasteiger partial charge in [-0.1, -0.05) is 127 Å². The van der Waals surface area contributed by atoms with E-state index < -0.39 is 0 Å². The lowest BCUT2D eigenvalue weighted by atomic mass is 10.1. The van der Waals surface area contributed by atoms with E-state index >= 15 is 0 Å². The van der Waals surface area contributed by atoms with E-state index in [1.54, 1.807) is 0 Å². The van der Waals surface area contributed by atoms with Crippen molar-refractivity contribution < 1.29 is 24.2 Å². The van der Waals surface area contributed by atoms with Gasteiger partial charge in [-0.3, -0.25) is 9.59 Å². The largest absolute Gasteiger partial charge is 0.466 e. The van der Waals surface area contributed by atoms with Crippen molar-refractivity contribution in [2.75, 3.05) is 46.5 Å². The molecule has 0 aromatic heterocycles. The molecule has 0 fully saturated rings. The maximum Gasteiger partial charge on any atom is 0.305 e. The zero-order valence-corrected chi connectivity index (χ0v) is 34.9. The van der Waals surface area contributed by atoms with Gasteiger partial charge in [0.05, 0.1) is 19.8 Å². The third-order valence-electron chi connectivity index (χ3n) is 9.53. The average molecular weight is 745 g/mol. The number of ether oxygens (including phenoxy) is 2. The molecule has 0 atom stereocenters. The second-order valence-corrected chi connectivity index (χ2v) is 14.7. The van der Waals surface area contributed by atoms with Gasteiger partial charge < -0.3 is 24.8 Å². The molecule has 0 aromatic carbocycles. The van der Waals surface area contributed by atoms with Crippen molar-refractivity contribution in [3.05, 3.63) is 48.6 Å². The maximum atomic E-state index is 12.4. The highest BCUT2D eigenvalue weighted by atomic mass is 16.5. The first kappa shape index (κ1) is 50.8. The summed E-state index contributed by atoms with van der Waals surface area (Å²) in [6.07, 6.45) is 46.2. The minimum atomic E-state index is -0.124. The monoisotopic (exact) mass is 745 g/mol. The van der Waals surface area contributed by atoms with E-state index in [0.717, 1.165) is 77.3 Å². The van der Waals surface area contributed by atoms with Crippen molar-refractivity contribution in [3.8, 4) is 0 Å². The van der Waals surface area contributed by atoms with Crippen LogP contribution in [0, 0.1) is 0 Å². The van der Waals surface area contributed by atoms with Crippen LogP contribution in [0.3, 0.4) is 0 Å². The second-order valence-electron chi connectivity index (χ2n) is 14.7. The number of allylic oxidation sites excluding steroid dienone is 8. The van der Waals surface area contributed by atoms with Gasteiger partial charge in [0, 0.05) is 38.5 Å². The van der Waals surface area contributed by atoms with Crippen molar-refractivity contribution in [3.63, 3.8) is 0 Å². The Morgan fingerprint density at radius 3 is 1.38 bits per heavy atom. The Bertz CT molecular complexity index is 852. The molecular weight excluding hydrogens is 661 g/mol.